The van der Waals surface area contributed by atoms with Crippen molar-refractivity contribution < 1.29 is 38.7 Å². The Kier molecular flexibility index (Phi) is 5.05. The number of rotatable bonds is 3. The van der Waals surface area contributed by atoms with Crippen molar-refractivity contribution in [3.05, 3.63) is 12.2 Å². The molecule has 0 radical (unpaired) electrons. The predicted octanol–water partition coefficient (Wildman–Crippen LogP) is 2.93. The fourth-order valence-electron chi connectivity index (χ4n) is 10.8. The Labute approximate surface area is 224 Å². The molecular weight excluding hydrogens is 488 g/mol. The van der Waals surface area contributed by atoms with Gasteiger partial charge in [0, 0.05) is 19.3 Å². The number of esters is 1. The van der Waals surface area contributed by atoms with E-state index in [1.54, 1.807) is 12.2 Å². The Morgan fingerprint density at radius 2 is 1.89 bits per heavy atom. The van der Waals surface area contributed by atoms with Gasteiger partial charge in [-0.3, -0.25) is 9.59 Å². The Bertz CT molecular complexity index is 1120. The summed E-state index contributed by atoms with van der Waals surface area (Å²) in [6, 6.07) is 0. The summed E-state index contributed by atoms with van der Waals surface area (Å²) in [4.78, 5) is 25.8. The summed E-state index contributed by atoms with van der Waals surface area (Å²) in [5, 5.41) is 21.7. The third-order valence-electron chi connectivity index (χ3n) is 13.0. The fraction of sp³-hybridized carbons (Fsp3) is 0.867. The van der Waals surface area contributed by atoms with Crippen molar-refractivity contribution >= 4 is 11.8 Å². The first-order valence-electron chi connectivity index (χ1n) is 14.5. The van der Waals surface area contributed by atoms with Gasteiger partial charge in [0.1, 0.15) is 29.0 Å². The van der Waals surface area contributed by atoms with Gasteiger partial charge in [0.2, 0.25) is 0 Å². The van der Waals surface area contributed by atoms with Gasteiger partial charge < -0.3 is 29.2 Å². The summed E-state index contributed by atoms with van der Waals surface area (Å²) in [5.41, 5.74) is -2.77. The molecule has 3 saturated carbocycles. The minimum atomic E-state index is -0.989. The van der Waals surface area contributed by atoms with E-state index in [1.807, 2.05) is 20.8 Å². The highest BCUT2D eigenvalue weighted by Gasteiger charge is 2.81. The largest absolute Gasteiger partial charge is 0.462 e. The Morgan fingerprint density at radius 3 is 2.58 bits per heavy atom. The van der Waals surface area contributed by atoms with Crippen molar-refractivity contribution in [3.8, 4) is 0 Å². The van der Waals surface area contributed by atoms with Gasteiger partial charge in [-0.2, -0.15) is 0 Å². The van der Waals surface area contributed by atoms with Crippen LogP contribution in [0.3, 0.4) is 0 Å². The molecular formula is C30H42O8. The lowest BCUT2D eigenvalue weighted by Crippen LogP contribution is -2.63. The quantitative estimate of drug-likeness (QED) is 0.423. The van der Waals surface area contributed by atoms with Crippen LogP contribution in [-0.4, -0.2) is 69.5 Å². The Hall–Kier alpha value is -1.32. The average molecular weight is 531 g/mol. The molecule has 2 N–H and O–H groups in total. The zero-order valence-electron chi connectivity index (χ0n) is 23.3. The SMILES string of the molecule is CC(=O)O[C@@H]1C[C@H]2[C@@H]3C[C@H]4O[C@]45[C@@H](O)C=CC(=O)[C@]5(C)[C@H]3CC[C@]2(C)[C@H]1[C@H](C)[C@H]1C[C@]2(C)O[C@]2(C)[C@H](O)O1. The standard InChI is InChI=1S/C30H42O8/c1-14(20-13-27(4)29(6,38-27)25(34)36-20)24-19(35-15(2)31)12-18-16-11-23-30(37-23)22(33)8-7-21(32)28(30,5)17(16)9-10-26(18,24)3/h7-8,14,16-20,22-25,33-34H,9-13H2,1-6H3/t14-,16-,17+,18+,19-,20-,22+,23-,24+,25-,26+,27+,28+,29-,30-/m1/s1. The number of aliphatic hydroxyl groups is 2. The second-order valence-electron chi connectivity index (χ2n) is 14.4. The van der Waals surface area contributed by atoms with Crippen LogP contribution < -0.4 is 0 Å². The maximum atomic E-state index is 13.5. The van der Waals surface area contributed by atoms with Crippen LogP contribution in [0.15, 0.2) is 12.2 Å². The lowest BCUT2D eigenvalue weighted by molar-refractivity contribution is -0.208. The van der Waals surface area contributed by atoms with Crippen molar-refractivity contribution in [3.63, 3.8) is 0 Å². The molecule has 3 saturated heterocycles. The van der Waals surface area contributed by atoms with E-state index in [1.165, 1.54) is 6.92 Å². The van der Waals surface area contributed by atoms with E-state index in [9.17, 15) is 19.8 Å². The van der Waals surface area contributed by atoms with Gasteiger partial charge in [-0.1, -0.05) is 13.8 Å². The molecule has 3 aliphatic heterocycles. The summed E-state index contributed by atoms with van der Waals surface area (Å²) < 4.78 is 24.5. The number of hydrogen-bond donors (Lipinski definition) is 2. The third-order valence-corrected chi connectivity index (χ3v) is 13.0. The molecule has 1 spiro atoms. The third kappa shape index (κ3) is 2.84. The van der Waals surface area contributed by atoms with Crippen molar-refractivity contribution in [1.29, 1.82) is 0 Å². The first-order valence-corrected chi connectivity index (χ1v) is 14.5. The predicted molar refractivity (Wildman–Crippen MR) is 135 cm³/mol. The van der Waals surface area contributed by atoms with Gasteiger partial charge in [-0.25, -0.2) is 0 Å². The van der Waals surface area contributed by atoms with Crippen LogP contribution in [0, 0.1) is 40.4 Å². The number of carbonyl (C=O) groups is 2. The van der Waals surface area contributed by atoms with Gasteiger partial charge in [-0.15, -0.1) is 0 Å². The summed E-state index contributed by atoms with van der Waals surface area (Å²) in [7, 11) is 0. The van der Waals surface area contributed by atoms with Crippen LogP contribution in [0.1, 0.15) is 73.6 Å². The molecule has 0 bridgehead atoms. The summed E-state index contributed by atoms with van der Waals surface area (Å²) in [5.74, 6) is 0.453. The van der Waals surface area contributed by atoms with E-state index in [0.717, 1.165) is 25.7 Å². The molecule has 0 aromatic heterocycles. The van der Waals surface area contributed by atoms with Gasteiger partial charge in [0.25, 0.3) is 0 Å². The lowest BCUT2D eigenvalue weighted by atomic mass is 9.44. The molecule has 0 amide bonds. The Balaban J connectivity index is 1.22. The molecule has 8 heteroatoms. The van der Waals surface area contributed by atoms with Crippen LogP contribution in [0.5, 0.6) is 0 Å². The minimum Gasteiger partial charge on any atom is -0.462 e. The number of epoxide rings is 2. The van der Waals surface area contributed by atoms with E-state index in [4.69, 9.17) is 18.9 Å². The topological polar surface area (TPSA) is 118 Å². The van der Waals surface area contributed by atoms with E-state index in [-0.39, 0.29) is 65.1 Å². The summed E-state index contributed by atoms with van der Waals surface area (Å²) >= 11 is 0. The second-order valence-corrected chi connectivity index (χ2v) is 14.4. The zero-order chi connectivity index (χ0) is 27.2. The molecule has 7 rings (SSSR count). The Morgan fingerprint density at radius 1 is 1.16 bits per heavy atom. The van der Waals surface area contributed by atoms with Crippen molar-refractivity contribution in [2.75, 3.05) is 0 Å². The minimum absolute atomic E-state index is 0.0302. The lowest BCUT2D eigenvalue weighted by Gasteiger charge is -2.58. The highest BCUT2D eigenvalue weighted by atomic mass is 16.7. The van der Waals surface area contributed by atoms with Gasteiger partial charge >= 0.3 is 5.97 Å². The number of hydrogen-bond acceptors (Lipinski definition) is 8. The number of carbonyl (C=O) groups excluding carboxylic acids is 2. The first kappa shape index (κ1) is 25.6. The van der Waals surface area contributed by atoms with Crippen LogP contribution in [0.25, 0.3) is 0 Å². The van der Waals surface area contributed by atoms with E-state index in [2.05, 4.69) is 13.8 Å². The fourth-order valence-corrected chi connectivity index (χ4v) is 10.8. The van der Waals surface area contributed by atoms with E-state index < -0.39 is 34.6 Å². The molecule has 8 nitrogen and oxygen atoms in total. The second kappa shape index (κ2) is 7.49. The summed E-state index contributed by atoms with van der Waals surface area (Å²) in [6.07, 6.45) is 4.81. The smallest absolute Gasteiger partial charge is 0.302 e. The zero-order valence-corrected chi connectivity index (χ0v) is 23.3. The molecule has 0 aromatic rings. The molecule has 15 atom stereocenters. The van der Waals surface area contributed by atoms with Crippen LogP contribution in [-0.2, 0) is 28.5 Å². The molecule has 0 aromatic carbocycles. The van der Waals surface area contributed by atoms with Gasteiger partial charge in [0.15, 0.2) is 12.1 Å². The van der Waals surface area contributed by atoms with Gasteiger partial charge in [0.05, 0.1) is 17.6 Å². The molecule has 3 heterocycles. The van der Waals surface area contributed by atoms with Crippen LogP contribution >= 0.6 is 0 Å². The molecule has 210 valence electrons. The van der Waals surface area contributed by atoms with Crippen molar-refractivity contribution in [2.24, 2.45) is 40.4 Å². The molecule has 0 unspecified atom stereocenters. The monoisotopic (exact) mass is 530 g/mol. The van der Waals surface area contributed by atoms with Gasteiger partial charge in [-0.05, 0) is 87.7 Å². The molecule has 6 fully saturated rings. The van der Waals surface area contributed by atoms with E-state index in [0.29, 0.717) is 6.42 Å². The maximum Gasteiger partial charge on any atom is 0.302 e. The average Bonchev–Trinajstić information content (AvgIpc) is 3.67. The number of ether oxygens (including phenoxy) is 4. The maximum absolute atomic E-state index is 13.5. The number of allylic oxidation sites excluding steroid dienone is 1. The van der Waals surface area contributed by atoms with Crippen molar-refractivity contribution in [1.82, 2.24) is 0 Å². The number of fused-ring (bicyclic) bond motifs is 5. The molecule has 38 heavy (non-hydrogen) atoms. The number of ketones is 1. The van der Waals surface area contributed by atoms with Crippen LogP contribution in [0.4, 0.5) is 0 Å². The summed E-state index contributed by atoms with van der Waals surface area (Å²) in [6.45, 7) is 12.0. The van der Waals surface area contributed by atoms with Crippen LogP contribution in [0.2, 0.25) is 0 Å². The highest BCUT2D eigenvalue weighted by molar-refractivity contribution is 5.98. The highest BCUT2D eigenvalue weighted by Crippen LogP contribution is 2.73. The normalized spacial score (nSPS) is 60.5. The van der Waals surface area contributed by atoms with Crippen molar-refractivity contribution in [2.45, 2.75) is 121 Å². The molecule has 4 aliphatic carbocycles. The first-order chi connectivity index (χ1) is 17.7. The molecule has 7 aliphatic rings. The number of aliphatic hydroxyl groups excluding tert-OH is 2. The van der Waals surface area contributed by atoms with E-state index >= 15 is 0 Å².